The van der Waals surface area contributed by atoms with Gasteiger partial charge in [-0.3, -0.25) is 4.99 Å². The number of guanidine groups is 1. The Bertz CT molecular complexity index is 659. The molecule has 0 aromatic heterocycles. The lowest BCUT2D eigenvalue weighted by Crippen LogP contribution is -2.44. The Morgan fingerprint density at radius 3 is 2.55 bits per heavy atom. The predicted molar refractivity (Wildman–Crippen MR) is 127 cm³/mol. The van der Waals surface area contributed by atoms with E-state index >= 15 is 0 Å². The number of hydrogen-bond donors (Lipinski definition) is 2. The zero-order chi connectivity index (χ0) is 20.6. The molecule has 29 heavy (non-hydrogen) atoms. The first-order valence-electron chi connectivity index (χ1n) is 9.89. The molecule has 8 heteroatoms. The summed E-state index contributed by atoms with van der Waals surface area (Å²) in [6.45, 7) is 8.04. The fourth-order valence-electron chi connectivity index (χ4n) is 3.16. The number of aryl methyl sites for hydroxylation is 1. The largest absolute Gasteiger partial charge is 0.497 e. The third kappa shape index (κ3) is 9.10. The van der Waals surface area contributed by atoms with E-state index in [1.54, 1.807) is 14.2 Å². The quantitative estimate of drug-likeness (QED) is 0.261. The first kappa shape index (κ1) is 25.3. The molecule has 7 nitrogen and oxygen atoms in total. The van der Waals surface area contributed by atoms with E-state index < -0.39 is 5.60 Å². The maximum Gasteiger partial charge on any atom is 0.407 e. The number of rotatable bonds is 6. The third-order valence-corrected chi connectivity index (χ3v) is 4.50. The average molecular weight is 518 g/mol. The maximum absolute atomic E-state index is 11.9. The monoisotopic (exact) mass is 518 g/mol. The van der Waals surface area contributed by atoms with Crippen molar-refractivity contribution in [1.29, 1.82) is 0 Å². The van der Waals surface area contributed by atoms with Crippen molar-refractivity contribution in [3.05, 3.63) is 29.8 Å². The van der Waals surface area contributed by atoms with E-state index in [0.29, 0.717) is 0 Å². The molecule has 1 saturated heterocycles. The molecule has 1 unspecified atom stereocenters. The summed E-state index contributed by atoms with van der Waals surface area (Å²) >= 11 is 0. The average Bonchev–Trinajstić information content (AvgIpc) is 3.08. The molecule has 1 aliphatic heterocycles. The van der Waals surface area contributed by atoms with Gasteiger partial charge in [-0.2, -0.15) is 0 Å². The number of halogens is 1. The number of ether oxygens (including phenoxy) is 2. The Kier molecular flexibility index (Phi) is 10.6. The smallest absolute Gasteiger partial charge is 0.407 e. The summed E-state index contributed by atoms with van der Waals surface area (Å²) in [4.78, 5) is 18.5. The van der Waals surface area contributed by atoms with Gasteiger partial charge >= 0.3 is 6.09 Å². The van der Waals surface area contributed by atoms with Crippen LogP contribution in [-0.2, 0) is 11.2 Å². The van der Waals surface area contributed by atoms with E-state index in [1.807, 2.05) is 32.9 Å². The van der Waals surface area contributed by atoms with Gasteiger partial charge in [-0.05, 0) is 57.7 Å². The van der Waals surface area contributed by atoms with Gasteiger partial charge in [-0.25, -0.2) is 4.79 Å². The predicted octanol–water partition coefficient (Wildman–Crippen LogP) is 3.42. The van der Waals surface area contributed by atoms with Gasteiger partial charge in [0.1, 0.15) is 11.4 Å². The second-order valence-corrected chi connectivity index (χ2v) is 8.00. The first-order valence-corrected chi connectivity index (χ1v) is 9.89. The number of likely N-dealkylation sites (tertiary alicyclic amines) is 1. The molecule has 1 heterocycles. The summed E-state index contributed by atoms with van der Waals surface area (Å²) in [6, 6.07) is 8.25. The number of carbonyl (C=O) groups is 1. The Morgan fingerprint density at radius 1 is 1.28 bits per heavy atom. The number of aliphatic imine (C=N–C) groups is 1. The van der Waals surface area contributed by atoms with Gasteiger partial charge in [0.05, 0.1) is 13.2 Å². The van der Waals surface area contributed by atoms with Crippen molar-refractivity contribution in [3.63, 3.8) is 0 Å². The summed E-state index contributed by atoms with van der Waals surface area (Å²) in [5.74, 6) is 1.76. The van der Waals surface area contributed by atoms with Gasteiger partial charge in [0.2, 0.25) is 0 Å². The van der Waals surface area contributed by atoms with Crippen LogP contribution in [0.1, 0.15) is 39.2 Å². The van der Waals surface area contributed by atoms with E-state index in [4.69, 9.17) is 9.47 Å². The van der Waals surface area contributed by atoms with Crippen LogP contribution in [0.3, 0.4) is 0 Å². The van der Waals surface area contributed by atoms with E-state index in [9.17, 15) is 4.79 Å². The lowest BCUT2D eigenvalue weighted by atomic mass is 10.1. The van der Waals surface area contributed by atoms with Crippen molar-refractivity contribution < 1.29 is 14.3 Å². The van der Waals surface area contributed by atoms with E-state index in [1.165, 1.54) is 5.56 Å². The standard InChI is InChI=1S/C21H34N4O3.HI/c1-21(2,3)28-20(26)24-17-12-14-25(15-17)19(22-4)23-13-6-7-16-8-10-18(27-5)11-9-16;/h8-11,17H,6-7,12-15H2,1-5H3,(H,22,23)(H,24,26);1H. The molecular formula is C21H35IN4O3. The van der Waals surface area contributed by atoms with Gasteiger partial charge in [0.25, 0.3) is 0 Å². The highest BCUT2D eigenvalue weighted by Crippen LogP contribution is 2.13. The number of nitrogens with one attached hydrogen (secondary N) is 2. The minimum absolute atomic E-state index is 0. The molecule has 1 atom stereocenters. The number of hydrogen-bond acceptors (Lipinski definition) is 4. The Labute approximate surface area is 191 Å². The molecule has 0 aliphatic carbocycles. The third-order valence-electron chi connectivity index (χ3n) is 4.50. The Balaban J connectivity index is 0.00000420. The van der Waals surface area contributed by atoms with Crippen LogP contribution in [0.25, 0.3) is 0 Å². The van der Waals surface area contributed by atoms with Gasteiger partial charge in [0, 0.05) is 26.7 Å². The van der Waals surface area contributed by atoms with Crippen molar-refractivity contribution in [3.8, 4) is 5.75 Å². The summed E-state index contributed by atoms with van der Waals surface area (Å²) in [7, 11) is 3.47. The highest BCUT2D eigenvalue weighted by Gasteiger charge is 2.27. The van der Waals surface area contributed by atoms with Gasteiger partial charge in [-0.15, -0.1) is 24.0 Å². The molecule has 0 spiro atoms. The fourth-order valence-corrected chi connectivity index (χ4v) is 3.16. The van der Waals surface area contributed by atoms with Crippen molar-refractivity contribution in [1.82, 2.24) is 15.5 Å². The number of carbonyl (C=O) groups excluding carboxylic acids is 1. The highest BCUT2D eigenvalue weighted by molar-refractivity contribution is 14.0. The van der Waals surface area contributed by atoms with Gasteiger partial charge in [-0.1, -0.05) is 12.1 Å². The highest BCUT2D eigenvalue weighted by atomic mass is 127. The number of alkyl carbamates (subject to hydrolysis) is 1. The SMILES string of the molecule is CN=C(NCCCc1ccc(OC)cc1)N1CCC(NC(=O)OC(C)(C)C)C1.I. The lowest BCUT2D eigenvalue weighted by Gasteiger charge is -2.23. The molecule has 164 valence electrons. The molecule has 0 saturated carbocycles. The zero-order valence-electron chi connectivity index (χ0n) is 18.2. The van der Waals surface area contributed by atoms with Crippen molar-refractivity contribution in [2.75, 3.05) is 33.8 Å². The van der Waals surface area contributed by atoms with Crippen LogP contribution in [0, 0.1) is 0 Å². The number of amides is 1. The molecule has 1 aromatic carbocycles. The van der Waals surface area contributed by atoms with Crippen molar-refractivity contribution in [2.45, 2.75) is 51.7 Å². The van der Waals surface area contributed by atoms with Crippen LogP contribution >= 0.6 is 24.0 Å². The minimum atomic E-state index is -0.482. The van der Waals surface area contributed by atoms with Gasteiger partial charge < -0.3 is 25.0 Å². The summed E-state index contributed by atoms with van der Waals surface area (Å²) in [5, 5.41) is 6.37. The van der Waals surface area contributed by atoms with Gasteiger partial charge in [0.15, 0.2) is 5.96 Å². The van der Waals surface area contributed by atoms with E-state index in [-0.39, 0.29) is 36.1 Å². The number of nitrogens with zero attached hydrogens (tertiary/aromatic N) is 2. The van der Waals surface area contributed by atoms with Crippen LogP contribution in [0.15, 0.2) is 29.3 Å². The molecule has 1 aromatic rings. The second kappa shape index (κ2) is 12.1. The lowest BCUT2D eigenvalue weighted by molar-refractivity contribution is 0.0507. The van der Waals surface area contributed by atoms with Crippen LogP contribution in [0.4, 0.5) is 4.79 Å². The molecule has 2 rings (SSSR count). The number of benzene rings is 1. The Hall–Kier alpha value is -1.71. The van der Waals surface area contributed by atoms with E-state index in [0.717, 1.165) is 50.6 Å². The topological polar surface area (TPSA) is 75.2 Å². The van der Waals surface area contributed by atoms with Crippen LogP contribution < -0.4 is 15.4 Å². The second-order valence-electron chi connectivity index (χ2n) is 8.00. The molecule has 2 N–H and O–H groups in total. The van der Waals surface area contributed by atoms with E-state index in [2.05, 4.69) is 32.7 Å². The fraction of sp³-hybridized carbons (Fsp3) is 0.619. The first-order chi connectivity index (χ1) is 13.3. The molecule has 1 amide bonds. The molecule has 1 aliphatic rings. The molecule has 0 radical (unpaired) electrons. The Morgan fingerprint density at radius 2 is 1.97 bits per heavy atom. The van der Waals surface area contributed by atoms with Crippen molar-refractivity contribution in [2.24, 2.45) is 4.99 Å². The van der Waals surface area contributed by atoms with Crippen molar-refractivity contribution >= 4 is 36.0 Å². The van der Waals surface area contributed by atoms with Crippen LogP contribution in [-0.4, -0.2) is 62.4 Å². The maximum atomic E-state index is 11.9. The molecular weight excluding hydrogens is 483 g/mol. The molecule has 1 fully saturated rings. The summed E-state index contributed by atoms with van der Waals surface area (Å²) < 4.78 is 10.5. The summed E-state index contributed by atoms with van der Waals surface area (Å²) in [6.07, 6.45) is 2.53. The zero-order valence-corrected chi connectivity index (χ0v) is 20.5. The molecule has 0 bridgehead atoms. The number of methoxy groups -OCH3 is 1. The normalized spacial score (nSPS) is 16.8. The van der Waals surface area contributed by atoms with Crippen LogP contribution in [0.5, 0.6) is 5.75 Å². The van der Waals surface area contributed by atoms with Crippen LogP contribution in [0.2, 0.25) is 0 Å². The minimum Gasteiger partial charge on any atom is -0.497 e. The summed E-state index contributed by atoms with van der Waals surface area (Å²) in [5.41, 5.74) is 0.810.